The van der Waals surface area contributed by atoms with Crippen molar-refractivity contribution in [1.82, 2.24) is 15.5 Å². The Morgan fingerprint density at radius 2 is 1.34 bits per heavy atom. The van der Waals surface area contributed by atoms with Crippen molar-refractivity contribution in [3.63, 3.8) is 0 Å². The van der Waals surface area contributed by atoms with Crippen LogP contribution in [-0.2, 0) is 11.3 Å². The molecule has 4 nitrogen and oxygen atoms in total. The Labute approximate surface area is 191 Å². The largest absolute Gasteiger partial charge is 0.354 e. The lowest BCUT2D eigenvalue weighted by Gasteiger charge is -2.54. The summed E-state index contributed by atoms with van der Waals surface area (Å²) in [5.74, 6) is 0.108. The summed E-state index contributed by atoms with van der Waals surface area (Å²) in [5, 5.41) is 6.81. The van der Waals surface area contributed by atoms with Gasteiger partial charge in [-0.3, -0.25) is 9.69 Å². The Kier molecular flexibility index (Phi) is 7.03. The lowest BCUT2D eigenvalue weighted by Crippen LogP contribution is -2.70. The van der Waals surface area contributed by atoms with Crippen LogP contribution in [0.1, 0.15) is 43.0 Å². The van der Waals surface area contributed by atoms with Crippen LogP contribution in [0.25, 0.3) is 0 Å². The molecular weight excluding hydrogens is 394 g/mol. The number of nitrogens with one attached hydrogen (secondary N) is 2. The molecule has 1 aliphatic heterocycles. The van der Waals surface area contributed by atoms with Gasteiger partial charge in [0.25, 0.3) is 0 Å². The summed E-state index contributed by atoms with van der Waals surface area (Å²) in [7, 11) is 0. The number of carbonyl (C=O) groups excluding carboxylic acids is 1. The van der Waals surface area contributed by atoms with Crippen LogP contribution in [0.4, 0.5) is 0 Å². The van der Waals surface area contributed by atoms with Gasteiger partial charge in [0.2, 0.25) is 5.91 Å². The van der Waals surface area contributed by atoms with E-state index in [1.165, 1.54) is 16.7 Å². The molecular formula is C28H33N3O. The number of hydrogen-bond donors (Lipinski definition) is 2. The molecule has 1 saturated heterocycles. The van der Waals surface area contributed by atoms with Crippen molar-refractivity contribution in [3.05, 3.63) is 108 Å². The molecule has 0 saturated carbocycles. The molecule has 0 aromatic heterocycles. The lowest BCUT2D eigenvalue weighted by atomic mass is 9.81. The average Bonchev–Trinajstić information content (AvgIpc) is 2.78. The zero-order valence-corrected chi connectivity index (χ0v) is 19.0. The number of likely N-dealkylation sites (tertiary alicyclic amines) is 1. The molecule has 0 aliphatic carbocycles. The summed E-state index contributed by atoms with van der Waals surface area (Å²) in [4.78, 5) is 15.2. The molecule has 0 spiro atoms. The normalized spacial score (nSPS) is 15.5. The van der Waals surface area contributed by atoms with Crippen LogP contribution < -0.4 is 10.6 Å². The fraction of sp³-hybridized carbons (Fsp3) is 0.321. The van der Waals surface area contributed by atoms with E-state index in [0.717, 1.165) is 19.6 Å². The third-order valence-corrected chi connectivity index (χ3v) is 6.07. The van der Waals surface area contributed by atoms with Crippen LogP contribution in [0.5, 0.6) is 0 Å². The highest BCUT2D eigenvalue weighted by Gasteiger charge is 2.47. The SMILES string of the molecule is CC(C)NC(=O)CC1(NCc2ccccc2)CN(C(c2ccccc2)c2ccccc2)C1. The topological polar surface area (TPSA) is 44.4 Å². The number of benzene rings is 3. The summed E-state index contributed by atoms with van der Waals surface area (Å²) < 4.78 is 0. The van der Waals surface area contributed by atoms with E-state index < -0.39 is 0 Å². The predicted octanol–water partition coefficient (Wildman–Crippen LogP) is 4.53. The molecule has 0 unspecified atom stereocenters. The monoisotopic (exact) mass is 427 g/mol. The second-order valence-corrected chi connectivity index (χ2v) is 9.15. The van der Waals surface area contributed by atoms with Crippen molar-refractivity contribution >= 4 is 5.91 Å². The second kappa shape index (κ2) is 10.1. The van der Waals surface area contributed by atoms with Crippen molar-refractivity contribution in [2.24, 2.45) is 0 Å². The Morgan fingerprint density at radius 3 is 1.84 bits per heavy atom. The van der Waals surface area contributed by atoms with E-state index >= 15 is 0 Å². The summed E-state index contributed by atoms with van der Waals surface area (Å²) in [6, 6.07) is 32.0. The van der Waals surface area contributed by atoms with Crippen molar-refractivity contribution in [2.75, 3.05) is 13.1 Å². The highest BCUT2D eigenvalue weighted by molar-refractivity contribution is 5.77. The molecule has 1 fully saturated rings. The summed E-state index contributed by atoms with van der Waals surface area (Å²) in [5.41, 5.74) is 3.55. The van der Waals surface area contributed by atoms with Crippen molar-refractivity contribution < 1.29 is 4.79 Å². The molecule has 3 aromatic rings. The predicted molar refractivity (Wildman–Crippen MR) is 130 cm³/mol. The standard InChI is InChI=1S/C28H33N3O/c1-22(2)30-26(32)18-28(29-19-23-12-6-3-7-13-23)20-31(21-28)27(24-14-8-4-9-15-24)25-16-10-5-11-17-25/h3-17,22,27,29H,18-21H2,1-2H3,(H,30,32). The number of amides is 1. The molecule has 3 aromatic carbocycles. The van der Waals surface area contributed by atoms with Gasteiger partial charge in [-0.2, -0.15) is 0 Å². The van der Waals surface area contributed by atoms with Crippen LogP contribution >= 0.6 is 0 Å². The summed E-state index contributed by atoms with van der Waals surface area (Å²) in [6.45, 7) is 6.41. The van der Waals surface area contributed by atoms with E-state index in [1.807, 2.05) is 19.9 Å². The van der Waals surface area contributed by atoms with Crippen molar-refractivity contribution in [2.45, 2.75) is 44.4 Å². The Morgan fingerprint density at radius 1 is 0.844 bits per heavy atom. The lowest BCUT2D eigenvalue weighted by molar-refractivity contribution is -0.125. The Balaban J connectivity index is 1.54. The highest BCUT2D eigenvalue weighted by Crippen LogP contribution is 2.37. The minimum atomic E-state index is -0.239. The first-order valence-corrected chi connectivity index (χ1v) is 11.5. The molecule has 1 amide bonds. The van der Waals surface area contributed by atoms with Gasteiger partial charge in [-0.1, -0.05) is 91.0 Å². The van der Waals surface area contributed by atoms with Crippen LogP contribution in [0.15, 0.2) is 91.0 Å². The van der Waals surface area contributed by atoms with Crippen molar-refractivity contribution in [3.8, 4) is 0 Å². The van der Waals surface area contributed by atoms with Crippen molar-refractivity contribution in [1.29, 1.82) is 0 Å². The van der Waals surface area contributed by atoms with Crippen LogP contribution in [0.2, 0.25) is 0 Å². The zero-order chi connectivity index (χ0) is 22.4. The van der Waals surface area contributed by atoms with E-state index in [9.17, 15) is 4.79 Å². The van der Waals surface area contributed by atoms with Gasteiger partial charge in [0, 0.05) is 32.1 Å². The van der Waals surface area contributed by atoms with Gasteiger partial charge >= 0.3 is 0 Å². The number of carbonyl (C=O) groups is 1. The molecule has 1 aliphatic rings. The Bertz CT molecular complexity index is 943. The van der Waals surface area contributed by atoms with E-state index in [-0.39, 0.29) is 23.5 Å². The maximum absolute atomic E-state index is 12.7. The molecule has 0 radical (unpaired) electrons. The zero-order valence-electron chi connectivity index (χ0n) is 19.0. The quantitative estimate of drug-likeness (QED) is 0.527. The third-order valence-electron chi connectivity index (χ3n) is 6.07. The van der Waals surface area contributed by atoms with E-state index in [1.54, 1.807) is 0 Å². The third kappa shape index (κ3) is 5.45. The number of rotatable bonds is 9. The first-order chi connectivity index (χ1) is 15.5. The van der Waals surface area contributed by atoms with E-state index in [4.69, 9.17) is 0 Å². The van der Waals surface area contributed by atoms with Gasteiger partial charge in [-0.25, -0.2) is 0 Å². The van der Waals surface area contributed by atoms with Gasteiger partial charge < -0.3 is 10.6 Å². The fourth-order valence-corrected chi connectivity index (χ4v) is 4.65. The molecule has 4 heteroatoms. The van der Waals surface area contributed by atoms with Gasteiger partial charge in [0.05, 0.1) is 11.6 Å². The number of nitrogens with zero attached hydrogens (tertiary/aromatic N) is 1. The summed E-state index contributed by atoms with van der Waals surface area (Å²) in [6.07, 6.45) is 0.477. The summed E-state index contributed by atoms with van der Waals surface area (Å²) >= 11 is 0. The van der Waals surface area contributed by atoms with E-state index in [2.05, 4.69) is 100 Å². The fourth-order valence-electron chi connectivity index (χ4n) is 4.65. The van der Waals surface area contributed by atoms with Gasteiger partial charge in [0.15, 0.2) is 0 Å². The average molecular weight is 428 g/mol. The van der Waals surface area contributed by atoms with Gasteiger partial charge in [0.1, 0.15) is 0 Å². The smallest absolute Gasteiger partial charge is 0.222 e. The second-order valence-electron chi connectivity index (χ2n) is 9.15. The minimum Gasteiger partial charge on any atom is -0.354 e. The Hall–Kier alpha value is -2.95. The first kappa shape index (κ1) is 22.3. The number of hydrogen-bond acceptors (Lipinski definition) is 3. The van der Waals surface area contributed by atoms with Gasteiger partial charge in [-0.05, 0) is 30.5 Å². The molecule has 166 valence electrons. The highest BCUT2D eigenvalue weighted by atomic mass is 16.1. The molecule has 0 bridgehead atoms. The van der Waals surface area contributed by atoms with Crippen LogP contribution in [-0.4, -0.2) is 35.5 Å². The first-order valence-electron chi connectivity index (χ1n) is 11.5. The molecule has 2 N–H and O–H groups in total. The molecule has 1 heterocycles. The van der Waals surface area contributed by atoms with Crippen LogP contribution in [0.3, 0.4) is 0 Å². The molecule has 0 atom stereocenters. The minimum absolute atomic E-state index is 0.108. The van der Waals surface area contributed by atoms with E-state index in [0.29, 0.717) is 6.42 Å². The molecule has 32 heavy (non-hydrogen) atoms. The molecule has 4 rings (SSSR count). The van der Waals surface area contributed by atoms with Crippen LogP contribution in [0, 0.1) is 0 Å². The maximum Gasteiger partial charge on any atom is 0.222 e. The maximum atomic E-state index is 12.7. The van der Waals surface area contributed by atoms with Gasteiger partial charge in [-0.15, -0.1) is 0 Å².